The standard InChI is InChI=1S/C14H25NO2/c16-14(8-11-4-6-17-7-5-11)9-12-2-1-3-13(10-14)15-12/h11-13,15-16H,1-10H2. The smallest absolute Gasteiger partial charge is 0.0680 e. The predicted molar refractivity (Wildman–Crippen MR) is 66.9 cm³/mol. The highest BCUT2D eigenvalue weighted by Crippen LogP contribution is 2.38. The highest BCUT2D eigenvalue weighted by molar-refractivity contribution is 4.98. The fourth-order valence-electron chi connectivity index (χ4n) is 4.09. The van der Waals surface area contributed by atoms with Gasteiger partial charge in [0.25, 0.3) is 0 Å². The number of ether oxygens (including phenoxy) is 1. The van der Waals surface area contributed by atoms with Crippen LogP contribution in [-0.2, 0) is 4.74 Å². The molecule has 98 valence electrons. The Hall–Kier alpha value is -0.120. The third-order valence-corrected chi connectivity index (χ3v) is 4.84. The molecule has 3 heterocycles. The van der Waals surface area contributed by atoms with Crippen molar-refractivity contribution in [1.29, 1.82) is 0 Å². The van der Waals surface area contributed by atoms with Crippen LogP contribution in [0.5, 0.6) is 0 Å². The molecular formula is C14H25NO2. The Kier molecular flexibility index (Phi) is 3.42. The zero-order valence-electron chi connectivity index (χ0n) is 10.7. The second-order valence-corrected chi connectivity index (χ2v) is 6.38. The first-order valence-corrected chi connectivity index (χ1v) is 7.30. The Morgan fingerprint density at radius 3 is 2.35 bits per heavy atom. The minimum Gasteiger partial charge on any atom is -0.390 e. The average Bonchev–Trinajstić information content (AvgIpc) is 2.28. The van der Waals surface area contributed by atoms with Crippen LogP contribution in [-0.4, -0.2) is 36.0 Å². The molecule has 2 unspecified atom stereocenters. The lowest BCUT2D eigenvalue weighted by Crippen LogP contribution is -2.56. The first-order valence-electron chi connectivity index (χ1n) is 7.30. The number of rotatable bonds is 2. The zero-order valence-corrected chi connectivity index (χ0v) is 10.7. The van der Waals surface area contributed by atoms with Gasteiger partial charge >= 0.3 is 0 Å². The summed E-state index contributed by atoms with van der Waals surface area (Å²) in [6.07, 6.45) is 9.09. The lowest BCUT2D eigenvalue weighted by atomic mass is 9.72. The van der Waals surface area contributed by atoms with Crippen molar-refractivity contribution in [3.8, 4) is 0 Å². The molecule has 17 heavy (non-hydrogen) atoms. The van der Waals surface area contributed by atoms with Crippen molar-refractivity contribution < 1.29 is 9.84 Å². The van der Waals surface area contributed by atoms with Crippen molar-refractivity contribution in [2.75, 3.05) is 13.2 Å². The summed E-state index contributed by atoms with van der Waals surface area (Å²) >= 11 is 0. The first-order chi connectivity index (χ1) is 8.23. The van der Waals surface area contributed by atoms with E-state index in [-0.39, 0.29) is 5.60 Å². The maximum Gasteiger partial charge on any atom is 0.0680 e. The van der Waals surface area contributed by atoms with Crippen LogP contribution >= 0.6 is 0 Å². The van der Waals surface area contributed by atoms with E-state index in [1.807, 2.05) is 0 Å². The summed E-state index contributed by atoms with van der Waals surface area (Å²) in [6.45, 7) is 1.79. The summed E-state index contributed by atoms with van der Waals surface area (Å²) in [4.78, 5) is 0. The first kappa shape index (κ1) is 11.9. The fourth-order valence-corrected chi connectivity index (χ4v) is 4.09. The second kappa shape index (κ2) is 4.87. The number of aliphatic hydroxyl groups is 1. The lowest BCUT2D eigenvalue weighted by molar-refractivity contribution is -0.0601. The second-order valence-electron chi connectivity index (χ2n) is 6.38. The molecule has 3 fully saturated rings. The van der Waals surface area contributed by atoms with Crippen molar-refractivity contribution in [2.24, 2.45) is 5.92 Å². The van der Waals surface area contributed by atoms with Gasteiger partial charge in [0, 0.05) is 25.3 Å². The fraction of sp³-hybridized carbons (Fsp3) is 1.00. The summed E-state index contributed by atoms with van der Waals surface area (Å²) < 4.78 is 5.40. The number of hydrogen-bond acceptors (Lipinski definition) is 3. The topological polar surface area (TPSA) is 41.5 Å². The maximum atomic E-state index is 10.8. The van der Waals surface area contributed by atoms with E-state index in [0.717, 1.165) is 45.3 Å². The Balaban J connectivity index is 1.60. The van der Waals surface area contributed by atoms with E-state index in [1.165, 1.54) is 19.3 Å². The highest BCUT2D eigenvalue weighted by atomic mass is 16.5. The van der Waals surface area contributed by atoms with Gasteiger partial charge in [0.05, 0.1) is 5.60 Å². The monoisotopic (exact) mass is 239 g/mol. The summed E-state index contributed by atoms with van der Waals surface area (Å²) in [7, 11) is 0. The lowest BCUT2D eigenvalue weighted by Gasteiger charge is -2.46. The molecule has 0 spiro atoms. The zero-order chi connectivity index (χ0) is 11.7. The van der Waals surface area contributed by atoms with Crippen molar-refractivity contribution in [2.45, 2.75) is 69.1 Å². The molecule has 0 aliphatic carbocycles. The number of piperidine rings is 2. The van der Waals surface area contributed by atoms with Gasteiger partial charge in [-0.3, -0.25) is 0 Å². The van der Waals surface area contributed by atoms with Crippen LogP contribution in [0.2, 0.25) is 0 Å². The third-order valence-electron chi connectivity index (χ3n) is 4.84. The van der Waals surface area contributed by atoms with Gasteiger partial charge in [0.1, 0.15) is 0 Å². The molecule has 0 amide bonds. The van der Waals surface area contributed by atoms with Gasteiger partial charge < -0.3 is 15.2 Å². The Labute approximate surface area is 104 Å². The number of hydrogen-bond donors (Lipinski definition) is 2. The van der Waals surface area contributed by atoms with Crippen LogP contribution in [0.4, 0.5) is 0 Å². The van der Waals surface area contributed by atoms with Crippen molar-refractivity contribution >= 4 is 0 Å². The molecule has 0 radical (unpaired) electrons. The molecule has 2 N–H and O–H groups in total. The van der Waals surface area contributed by atoms with Crippen LogP contribution in [0, 0.1) is 5.92 Å². The van der Waals surface area contributed by atoms with E-state index in [0.29, 0.717) is 18.0 Å². The van der Waals surface area contributed by atoms with E-state index < -0.39 is 0 Å². The third kappa shape index (κ3) is 2.83. The van der Waals surface area contributed by atoms with Crippen molar-refractivity contribution in [3.05, 3.63) is 0 Å². The number of fused-ring (bicyclic) bond motifs is 2. The minimum atomic E-state index is -0.386. The van der Waals surface area contributed by atoms with Gasteiger partial charge in [-0.25, -0.2) is 0 Å². The molecule has 3 rings (SSSR count). The van der Waals surface area contributed by atoms with E-state index in [4.69, 9.17) is 4.74 Å². The normalized spacial score (nSPS) is 43.6. The molecule has 0 saturated carbocycles. The molecule has 3 saturated heterocycles. The van der Waals surface area contributed by atoms with Gasteiger partial charge in [0.2, 0.25) is 0 Å². The van der Waals surface area contributed by atoms with Crippen LogP contribution in [0.1, 0.15) is 51.4 Å². The van der Waals surface area contributed by atoms with Crippen LogP contribution in [0.3, 0.4) is 0 Å². The molecule has 0 aromatic rings. The summed E-state index contributed by atoms with van der Waals surface area (Å²) in [6, 6.07) is 1.15. The highest BCUT2D eigenvalue weighted by Gasteiger charge is 2.41. The molecule has 3 heteroatoms. The summed E-state index contributed by atoms with van der Waals surface area (Å²) in [5.74, 6) is 0.688. The maximum absolute atomic E-state index is 10.8. The number of nitrogens with one attached hydrogen (secondary N) is 1. The molecule has 3 aliphatic rings. The van der Waals surface area contributed by atoms with Crippen molar-refractivity contribution in [3.63, 3.8) is 0 Å². The van der Waals surface area contributed by atoms with E-state index in [9.17, 15) is 5.11 Å². The molecule has 0 aromatic heterocycles. The average molecular weight is 239 g/mol. The quantitative estimate of drug-likeness (QED) is 0.772. The summed E-state index contributed by atoms with van der Waals surface area (Å²) in [5.41, 5.74) is -0.386. The molecular weight excluding hydrogens is 214 g/mol. The van der Waals surface area contributed by atoms with Crippen LogP contribution in [0.15, 0.2) is 0 Å². The van der Waals surface area contributed by atoms with Gasteiger partial charge in [-0.05, 0) is 50.9 Å². The molecule has 2 atom stereocenters. The predicted octanol–water partition coefficient (Wildman–Crippen LogP) is 1.84. The Bertz CT molecular complexity index is 251. The minimum absolute atomic E-state index is 0.386. The van der Waals surface area contributed by atoms with Gasteiger partial charge in [-0.15, -0.1) is 0 Å². The van der Waals surface area contributed by atoms with Gasteiger partial charge in [-0.2, -0.15) is 0 Å². The summed E-state index contributed by atoms with van der Waals surface area (Å²) in [5, 5.41) is 14.5. The molecule has 3 aliphatic heterocycles. The van der Waals surface area contributed by atoms with E-state index >= 15 is 0 Å². The Morgan fingerprint density at radius 1 is 1.06 bits per heavy atom. The van der Waals surface area contributed by atoms with E-state index in [2.05, 4.69) is 5.32 Å². The SMILES string of the molecule is OC1(CC2CCOCC2)CC2CCCC(C1)N2. The molecule has 3 nitrogen and oxygen atoms in total. The van der Waals surface area contributed by atoms with E-state index in [1.54, 1.807) is 0 Å². The largest absolute Gasteiger partial charge is 0.390 e. The van der Waals surface area contributed by atoms with Crippen LogP contribution < -0.4 is 5.32 Å². The van der Waals surface area contributed by atoms with Gasteiger partial charge in [-0.1, -0.05) is 6.42 Å². The molecule has 2 bridgehead atoms. The van der Waals surface area contributed by atoms with Gasteiger partial charge in [0.15, 0.2) is 0 Å². The Morgan fingerprint density at radius 2 is 1.71 bits per heavy atom. The van der Waals surface area contributed by atoms with Crippen LogP contribution in [0.25, 0.3) is 0 Å². The molecule has 0 aromatic carbocycles. The van der Waals surface area contributed by atoms with Crippen molar-refractivity contribution in [1.82, 2.24) is 5.32 Å².